The molecule has 0 unspecified atom stereocenters. The fourth-order valence-electron chi connectivity index (χ4n) is 1.55. The lowest BCUT2D eigenvalue weighted by Gasteiger charge is -1.96. The van der Waals surface area contributed by atoms with E-state index in [1.165, 1.54) is 12.0 Å². The van der Waals surface area contributed by atoms with Crippen LogP contribution in [0.5, 0.6) is 0 Å². The van der Waals surface area contributed by atoms with Crippen molar-refractivity contribution in [1.29, 1.82) is 0 Å². The minimum Gasteiger partial charge on any atom is -0.212 e. The fourth-order valence-corrected chi connectivity index (χ4v) is 2.18. The van der Waals surface area contributed by atoms with E-state index in [-0.39, 0.29) is 0 Å². The Bertz CT molecular complexity index is 476. The number of pyridine rings is 1. The predicted molar refractivity (Wildman–Crippen MR) is 64.0 cm³/mol. The van der Waals surface area contributed by atoms with Gasteiger partial charge in [-0.15, -0.1) is 0 Å². The number of halogens is 1. The molecule has 0 spiro atoms. The highest BCUT2D eigenvalue weighted by Crippen LogP contribution is 2.15. The Morgan fingerprint density at radius 2 is 2.20 bits per heavy atom. The van der Waals surface area contributed by atoms with Gasteiger partial charge in [0, 0.05) is 6.42 Å². The van der Waals surface area contributed by atoms with Gasteiger partial charge < -0.3 is 0 Å². The fraction of sp³-hybridized carbons (Fsp3) is 0.455. The van der Waals surface area contributed by atoms with Crippen molar-refractivity contribution in [2.75, 3.05) is 0 Å². The van der Waals surface area contributed by atoms with Crippen LogP contribution in [-0.2, 0) is 6.42 Å². The third-order valence-corrected chi connectivity index (χ3v) is 2.90. The molecule has 80 valence electrons. The Morgan fingerprint density at radius 3 is 2.93 bits per heavy atom. The smallest absolute Gasteiger partial charge is 0.157 e. The van der Waals surface area contributed by atoms with Crippen molar-refractivity contribution in [3.05, 3.63) is 28.1 Å². The van der Waals surface area contributed by atoms with Crippen LogP contribution in [0.1, 0.15) is 31.2 Å². The first-order chi connectivity index (χ1) is 7.20. The summed E-state index contributed by atoms with van der Waals surface area (Å²) in [6, 6.07) is 4.10. The van der Waals surface area contributed by atoms with E-state index in [1.807, 2.05) is 16.6 Å². The van der Waals surface area contributed by atoms with Crippen molar-refractivity contribution in [2.45, 2.75) is 33.1 Å². The normalized spacial score (nSPS) is 11.1. The third kappa shape index (κ3) is 2.20. The highest BCUT2D eigenvalue weighted by atomic mass is 79.9. The summed E-state index contributed by atoms with van der Waals surface area (Å²) in [7, 11) is 0. The molecule has 0 amide bonds. The number of unbranched alkanes of at least 4 members (excludes halogenated alkanes) is 1. The first-order valence-electron chi connectivity index (χ1n) is 5.22. The Labute approximate surface area is 97.6 Å². The van der Waals surface area contributed by atoms with E-state index in [9.17, 15) is 0 Å². The molecule has 0 atom stereocenters. The molecule has 15 heavy (non-hydrogen) atoms. The van der Waals surface area contributed by atoms with Crippen molar-refractivity contribution in [3.8, 4) is 0 Å². The van der Waals surface area contributed by atoms with Crippen LogP contribution in [0.2, 0.25) is 0 Å². The third-order valence-electron chi connectivity index (χ3n) is 2.34. The molecular weight excluding hydrogens is 254 g/mol. The van der Waals surface area contributed by atoms with E-state index < -0.39 is 0 Å². The first kappa shape index (κ1) is 10.6. The monoisotopic (exact) mass is 267 g/mol. The number of hydrogen-bond acceptors (Lipinski definition) is 2. The van der Waals surface area contributed by atoms with Gasteiger partial charge in [0.05, 0.1) is 0 Å². The number of nitrogens with zero attached hydrogens (tertiary/aromatic N) is 3. The van der Waals surface area contributed by atoms with Gasteiger partial charge in [-0.25, -0.2) is 9.50 Å². The van der Waals surface area contributed by atoms with Crippen LogP contribution in [0.3, 0.4) is 0 Å². The van der Waals surface area contributed by atoms with E-state index >= 15 is 0 Å². The van der Waals surface area contributed by atoms with Crippen molar-refractivity contribution in [1.82, 2.24) is 14.6 Å². The van der Waals surface area contributed by atoms with Crippen LogP contribution in [0, 0.1) is 6.92 Å². The van der Waals surface area contributed by atoms with Gasteiger partial charge >= 0.3 is 0 Å². The molecule has 2 heterocycles. The van der Waals surface area contributed by atoms with E-state index in [2.05, 4.69) is 39.9 Å². The Balaban J connectivity index is 2.41. The molecular formula is C11H14BrN3. The van der Waals surface area contributed by atoms with Gasteiger partial charge in [-0.3, -0.25) is 0 Å². The molecule has 0 fully saturated rings. The summed E-state index contributed by atoms with van der Waals surface area (Å²) >= 11 is 3.49. The van der Waals surface area contributed by atoms with E-state index in [1.54, 1.807) is 0 Å². The molecule has 2 rings (SSSR count). The maximum absolute atomic E-state index is 4.49. The standard InChI is InChI=1S/C11H14BrN3/c1-3-4-5-10-13-11-7-8(2)6-9(12)15(11)14-10/h6-7H,3-5H2,1-2H3. The number of rotatable bonds is 3. The minimum absolute atomic E-state index is 0.924. The maximum Gasteiger partial charge on any atom is 0.157 e. The molecule has 0 bridgehead atoms. The van der Waals surface area contributed by atoms with Crippen LogP contribution in [0.25, 0.3) is 5.65 Å². The first-order valence-corrected chi connectivity index (χ1v) is 6.02. The lowest BCUT2D eigenvalue weighted by molar-refractivity contribution is 0.746. The van der Waals surface area contributed by atoms with Crippen LogP contribution in [0.15, 0.2) is 16.7 Å². The highest BCUT2D eigenvalue weighted by Gasteiger charge is 2.06. The molecule has 4 heteroatoms. The summed E-state index contributed by atoms with van der Waals surface area (Å²) < 4.78 is 2.81. The molecule has 2 aromatic rings. The van der Waals surface area contributed by atoms with Gasteiger partial charge in [0.2, 0.25) is 0 Å². The molecule has 0 radical (unpaired) electrons. The average molecular weight is 268 g/mol. The molecule has 2 aromatic heterocycles. The van der Waals surface area contributed by atoms with Crippen molar-refractivity contribution in [2.24, 2.45) is 0 Å². The molecule has 0 aliphatic rings. The second kappa shape index (κ2) is 4.31. The molecule has 3 nitrogen and oxygen atoms in total. The van der Waals surface area contributed by atoms with Gasteiger partial charge in [0.1, 0.15) is 4.60 Å². The van der Waals surface area contributed by atoms with Gasteiger partial charge in [0.15, 0.2) is 11.5 Å². The summed E-state index contributed by atoms with van der Waals surface area (Å²) in [5.74, 6) is 0.933. The summed E-state index contributed by atoms with van der Waals surface area (Å²) in [6.45, 7) is 4.24. The quantitative estimate of drug-likeness (QED) is 0.800. The van der Waals surface area contributed by atoms with Crippen molar-refractivity contribution >= 4 is 21.6 Å². The zero-order valence-electron chi connectivity index (χ0n) is 9.00. The van der Waals surface area contributed by atoms with Gasteiger partial charge in [-0.05, 0) is 47.0 Å². The summed E-state index contributed by atoms with van der Waals surface area (Å²) in [5, 5.41) is 4.45. The summed E-state index contributed by atoms with van der Waals surface area (Å²) in [6.07, 6.45) is 3.28. The number of hydrogen-bond donors (Lipinski definition) is 0. The second-order valence-corrected chi connectivity index (χ2v) is 4.57. The number of aryl methyl sites for hydroxylation is 2. The molecule has 0 aliphatic carbocycles. The zero-order chi connectivity index (χ0) is 10.8. The highest BCUT2D eigenvalue weighted by molar-refractivity contribution is 9.10. The van der Waals surface area contributed by atoms with Crippen molar-refractivity contribution < 1.29 is 0 Å². The van der Waals surface area contributed by atoms with Gasteiger partial charge in [-0.1, -0.05) is 13.3 Å². The SMILES string of the molecule is CCCCc1nc2cc(C)cc(Br)n2n1. The Morgan fingerprint density at radius 1 is 1.40 bits per heavy atom. The predicted octanol–water partition coefficient (Wildman–Crippen LogP) is 3.14. The number of aromatic nitrogens is 3. The van der Waals surface area contributed by atoms with E-state index in [0.29, 0.717) is 0 Å². The molecule has 0 N–H and O–H groups in total. The lowest BCUT2D eigenvalue weighted by Crippen LogP contribution is -1.92. The summed E-state index contributed by atoms with van der Waals surface area (Å²) in [4.78, 5) is 4.49. The van der Waals surface area contributed by atoms with Gasteiger partial charge in [0.25, 0.3) is 0 Å². The summed E-state index contributed by atoms with van der Waals surface area (Å²) in [5.41, 5.74) is 2.12. The molecule has 0 aliphatic heterocycles. The Hall–Kier alpha value is -0.900. The lowest BCUT2D eigenvalue weighted by atomic mass is 10.2. The molecule has 0 aromatic carbocycles. The van der Waals surface area contributed by atoms with Crippen LogP contribution in [-0.4, -0.2) is 14.6 Å². The second-order valence-electron chi connectivity index (χ2n) is 3.76. The zero-order valence-corrected chi connectivity index (χ0v) is 10.6. The average Bonchev–Trinajstić information content (AvgIpc) is 2.57. The van der Waals surface area contributed by atoms with Crippen molar-refractivity contribution in [3.63, 3.8) is 0 Å². The van der Waals surface area contributed by atoms with Crippen LogP contribution < -0.4 is 0 Å². The number of fused-ring (bicyclic) bond motifs is 1. The van der Waals surface area contributed by atoms with E-state index in [0.717, 1.165) is 28.9 Å². The maximum atomic E-state index is 4.49. The van der Waals surface area contributed by atoms with Crippen LogP contribution in [0.4, 0.5) is 0 Å². The molecule has 0 saturated heterocycles. The Kier molecular flexibility index (Phi) is 3.05. The molecule has 0 saturated carbocycles. The topological polar surface area (TPSA) is 30.2 Å². The minimum atomic E-state index is 0.924. The van der Waals surface area contributed by atoms with Crippen LogP contribution >= 0.6 is 15.9 Å². The largest absolute Gasteiger partial charge is 0.212 e. The van der Waals surface area contributed by atoms with Gasteiger partial charge in [-0.2, -0.15) is 5.10 Å². The van der Waals surface area contributed by atoms with E-state index in [4.69, 9.17) is 0 Å².